The van der Waals surface area contributed by atoms with E-state index in [2.05, 4.69) is 49.4 Å². The van der Waals surface area contributed by atoms with Crippen LogP contribution in [0.25, 0.3) is 0 Å². The minimum Gasteiger partial charge on any atom is -0.308 e. The largest absolute Gasteiger partial charge is 0.308 e. The van der Waals surface area contributed by atoms with E-state index in [1.54, 1.807) is 6.20 Å². The summed E-state index contributed by atoms with van der Waals surface area (Å²) in [6, 6.07) is 6.57. The second-order valence-electron chi connectivity index (χ2n) is 4.76. The van der Waals surface area contributed by atoms with E-state index in [0.717, 1.165) is 12.2 Å². The first-order chi connectivity index (χ1) is 9.08. The van der Waals surface area contributed by atoms with Gasteiger partial charge in [-0.2, -0.15) is 5.10 Å². The van der Waals surface area contributed by atoms with Gasteiger partial charge in [0.1, 0.15) is 0 Å². The smallest absolute Gasteiger partial charge is 0.0837 e. The van der Waals surface area contributed by atoms with E-state index in [0.29, 0.717) is 5.02 Å². The first-order valence-electron chi connectivity index (χ1n) is 6.54. The quantitative estimate of drug-likeness (QED) is 0.927. The van der Waals surface area contributed by atoms with Crippen molar-refractivity contribution in [3.8, 4) is 0 Å². The number of halogens is 1. The molecule has 0 amide bonds. The van der Waals surface area contributed by atoms with Crippen molar-refractivity contribution in [2.75, 3.05) is 7.05 Å². The molecule has 3 nitrogen and oxygen atoms in total. The van der Waals surface area contributed by atoms with Gasteiger partial charge in [0.25, 0.3) is 0 Å². The van der Waals surface area contributed by atoms with Crippen molar-refractivity contribution in [2.24, 2.45) is 0 Å². The van der Waals surface area contributed by atoms with Crippen molar-refractivity contribution in [3.05, 3.63) is 51.8 Å². The van der Waals surface area contributed by atoms with E-state index in [-0.39, 0.29) is 6.04 Å². The molecule has 2 aromatic rings. The van der Waals surface area contributed by atoms with Crippen molar-refractivity contribution >= 4 is 11.6 Å². The molecule has 1 atom stereocenters. The van der Waals surface area contributed by atoms with Gasteiger partial charge < -0.3 is 5.32 Å². The van der Waals surface area contributed by atoms with Gasteiger partial charge in [0.15, 0.2) is 0 Å². The molecule has 19 heavy (non-hydrogen) atoms. The van der Waals surface area contributed by atoms with Crippen LogP contribution in [0.2, 0.25) is 5.02 Å². The maximum Gasteiger partial charge on any atom is 0.0837 e. The molecule has 1 aromatic carbocycles. The monoisotopic (exact) mass is 277 g/mol. The molecule has 102 valence electrons. The SMILES string of the molecule is CCn1ncc(Cl)c1C(NC)c1ccc(C)c(C)c1. The van der Waals surface area contributed by atoms with E-state index in [1.807, 2.05) is 11.7 Å². The summed E-state index contributed by atoms with van der Waals surface area (Å²) in [7, 11) is 1.95. The van der Waals surface area contributed by atoms with Gasteiger partial charge in [0.2, 0.25) is 0 Å². The third-order valence-electron chi connectivity index (χ3n) is 3.56. The Kier molecular flexibility index (Phi) is 4.27. The summed E-state index contributed by atoms with van der Waals surface area (Å²) in [5.74, 6) is 0. The molecule has 0 fully saturated rings. The molecule has 0 radical (unpaired) electrons. The lowest BCUT2D eigenvalue weighted by Gasteiger charge is -2.19. The predicted octanol–water partition coefficient (Wildman–Crippen LogP) is 3.48. The van der Waals surface area contributed by atoms with Crippen LogP contribution in [0.15, 0.2) is 24.4 Å². The highest BCUT2D eigenvalue weighted by Crippen LogP contribution is 2.29. The summed E-state index contributed by atoms with van der Waals surface area (Å²) in [6.07, 6.45) is 1.71. The van der Waals surface area contributed by atoms with Crippen LogP contribution in [-0.2, 0) is 6.54 Å². The van der Waals surface area contributed by atoms with Gasteiger partial charge in [-0.25, -0.2) is 0 Å². The standard InChI is InChI=1S/C15H20ClN3/c1-5-19-15(13(16)9-18-19)14(17-4)12-7-6-10(2)11(3)8-12/h6-9,14,17H,5H2,1-4H3. The summed E-state index contributed by atoms with van der Waals surface area (Å²) in [6.45, 7) is 7.13. The van der Waals surface area contributed by atoms with Crippen LogP contribution in [0.4, 0.5) is 0 Å². The third kappa shape index (κ3) is 2.67. The molecule has 1 unspecified atom stereocenters. The van der Waals surface area contributed by atoms with Crippen LogP contribution < -0.4 is 5.32 Å². The Morgan fingerprint density at radius 1 is 1.32 bits per heavy atom. The molecular weight excluding hydrogens is 258 g/mol. The second-order valence-corrected chi connectivity index (χ2v) is 5.17. The summed E-state index contributed by atoms with van der Waals surface area (Å²) in [5, 5.41) is 8.36. The predicted molar refractivity (Wildman–Crippen MR) is 79.7 cm³/mol. The van der Waals surface area contributed by atoms with Crippen molar-refractivity contribution < 1.29 is 0 Å². The average molecular weight is 278 g/mol. The zero-order valence-corrected chi connectivity index (χ0v) is 12.6. The van der Waals surface area contributed by atoms with Crippen LogP contribution >= 0.6 is 11.6 Å². The number of nitrogens with zero attached hydrogens (tertiary/aromatic N) is 2. The number of aromatic nitrogens is 2. The second kappa shape index (κ2) is 5.76. The highest BCUT2D eigenvalue weighted by molar-refractivity contribution is 6.31. The first-order valence-corrected chi connectivity index (χ1v) is 6.91. The minimum absolute atomic E-state index is 0.0641. The van der Waals surface area contributed by atoms with Crippen molar-refractivity contribution in [3.63, 3.8) is 0 Å². The highest BCUT2D eigenvalue weighted by atomic mass is 35.5. The number of aryl methyl sites for hydroxylation is 3. The molecule has 0 spiro atoms. The van der Waals surface area contributed by atoms with Gasteiger partial charge in [-0.05, 0) is 44.5 Å². The van der Waals surface area contributed by atoms with Crippen LogP contribution in [0.1, 0.15) is 35.3 Å². The summed E-state index contributed by atoms with van der Waals surface area (Å²) in [5.41, 5.74) is 4.82. The summed E-state index contributed by atoms with van der Waals surface area (Å²) >= 11 is 6.29. The fraction of sp³-hybridized carbons (Fsp3) is 0.400. The molecule has 1 aromatic heterocycles. The lowest BCUT2D eigenvalue weighted by Crippen LogP contribution is -2.22. The van der Waals surface area contributed by atoms with Crippen molar-refractivity contribution in [2.45, 2.75) is 33.4 Å². The number of hydrogen-bond acceptors (Lipinski definition) is 2. The normalized spacial score (nSPS) is 12.7. The number of nitrogens with one attached hydrogen (secondary N) is 1. The van der Waals surface area contributed by atoms with Gasteiger partial charge in [-0.1, -0.05) is 29.8 Å². The van der Waals surface area contributed by atoms with Crippen LogP contribution in [0, 0.1) is 13.8 Å². The van der Waals surface area contributed by atoms with Crippen LogP contribution in [0.5, 0.6) is 0 Å². The van der Waals surface area contributed by atoms with Crippen LogP contribution in [0.3, 0.4) is 0 Å². The maximum atomic E-state index is 6.29. The molecule has 0 aliphatic rings. The lowest BCUT2D eigenvalue weighted by atomic mass is 9.99. The molecule has 0 aliphatic carbocycles. The summed E-state index contributed by atoms with van der Waals surface area (Å²) in [4.78, 5) is 0. The molecule has 0 saturated heterocycles. The number of rotatable bonds is 4. The maximum absolute atomic E-state index is 6.29. The zero-order chi connectivity index (χ0) is 14.0. The highest BCUT2D eigenvalue weighted by Gasteiger charge is 2.20. The summed E-state index contributed by atoms with van der Waals surface area (Å²) < 4.78 is 1.94. The van der Waals surface area contributed by atoms with E-state index in [1.165, 1.54) is 16.7 Å². The Morgan fingerprint density at radius 2 is 2.05 bits per heavy atom. The Balaban J connectivity index is 2.49. The van der Waals surface area contributed by atoms with Gasteiger partial charge in [0, 0.05) is 6.54 Å². The molecule has 1 heterocycles. The van der Waals surface area contributed by atoms with E-state index in [9.17, 15) is 0 Å². The van der Waals surface area contributed by atoms with Gasteiger partial charge in [0.05, 0.1) is 23.0 Å². The molecule has 0 saturated carbocycles. The van der Waals surface area contributed by atoms with Gasteiger partial charge >= 0.3 is 0 Å². The zero-order valence-electron chi connectivity index (χ0n) is 11.9. The Labute approximate surface area is 119 Å². The fourth-order valence-electron chi connectivity index (χ4n) is 2.32. The van der Waals surface area contributed by atoms with Gasteiger partial charge in [-0.15, -0.1) is 0 Å². The van der Waals surface area contributed by atoms with E-state index < -0.39 is 0 Å². The number of hydrogen-bond donors (Lipinski definition) is 1. The molecule has 0 aliphatic heterocycles. The minimum atomic E-state index is 0.0641. The molecule has 0 bridgehead atoms. The first kappa shape index (κ1) is 14.1. The average Bonchev–Trinajstić information content (AvgIpc) is 2.76. The number of benzene rings is 1. The fourth-order valence-corrected chi connectivity index (χ4v) is 2.57. The van der Waals surface area contributed by atoms with Gasteiger partial charge in [-0.3, -0.25) is 4.68 Å². The Hall–Kier alpha value is -1.32. The van der Waals surface area contributed by atoms with E-state index in [4.69, 9.17) is 11.6 Å². The molecule has 4 heteroatoms. The van der Waals surface area contributed by atoms with Crippen molar-refractivity contribution in [1.82, 2.24) is 15.1 Å². The van der Waals surface area contributed by atoms with Crippen LogP contribution in [-0.4, -0.2) is 16.8 Å². The van der Waals surface area contributed by atoms with Crippen molar-refractivity contribution in [1.29, 1.82) is 0 Å². The van der Waals surface area contributed by atoms with E-state index >= 15 is 0 Å². The lowest BCUT2D eigenvalue weighted by molar-refractivity contribution is 0.563. The Bertz CT molecular complexity index is 575. The molecular formula is C15H20ClN3. The Morgan fingerprint density at radius 3 is 2.63 bits per heavy atom. The topological polar surface area (TPSA) is 29.9 Å². The molecule has 2 rings (SSSR count). The third-order valence-corrected chi connectivity index (χ3v) is 3.85. The molecule has 1 N–H and O–H groups in total.